The van der Waals surface area contributed by atoms with Crippen molar-refractivity contribution in [3.63, 3.8) is 0 Å². The van der Waals surface area contributed by atoms with Gasteiger partial charge in [-0.1, -0.05) is 0 Å². The molecule has 216 valence electrons. The monoisotopic (exact) mass is 585 g/mol. The predicted octanol–water partition coefficient (Wildman–Crippen LogP) is 4.34. The number of amides is 1. The molecule has 2 aliphatic rings. The number of nitrogens with one attached hydrogen (secondary N) is 1. The van der Waals surface area contributed by atoms with Crippen LogP contribution in [0, 0.1) is 12.8 Å². The number of ether oxygens (including phenoxy) is 1. The zero-order valence-corrected chi connectivity index (χ0v) is 21.1. The Bertz CT molecular complexity index is 1090. The summed E-state index contributed by atoms with van der Waals surface area (Å²) in [4.78, 5) is 38.2. The van der Waals surface area contributed by atoms with Crippen molar-refractivity contribution in [2.45, 2.75) is 50.9 Å². The SMILES string of the molecule is Cc1ccsc1CN1CC[C@H]2C[C@H](C(=O)Nc3cccnc3)O[C@@H]2C1.O=C(O)C(F)(F)F.O=C(O)C(F)(F)F. The number of fused-ring (bicyclic) bond motifs is 1. The van der Waals surface area contributed by atoms with Crippen molar-refractivity contribution in [2.75, 3.05) is 18.4 Å². The van der Waals surface area contributed by atoms with Crippen LogP contribution in [-0.4, -0.2) is 75.6 Å². The lowest BCUT2D eigenvalue weighted by atomic mass is 9.91. The quantitative estimate of drug-likeness (QED) is 0.453. The number of likely N-dealkylation sites (tertiary alicyclic amines) is 1. The first-order valence-electron chi connectivity index (χ1n) is 11.3. The van der Waals surface area contributed by atoms with Gasteiger partial charge in [0.15, 0.2) is 0 Å². The lowest BCUT2D eigenvalue weighted by Gasteiger charge is -2.33. The number of nitrogens with zero attached hydrogens (tertiary/aromatic N) is 2. The summed E-state index contributed by atoms with van der Waals surface area (Å²) in [5.74, 6) is -5.08. The van der Waals surface area contributed by atoms with Crippen LogP contribution in [-0.2, 0) is 25.7 Å². The number of anilines is 1. The summed E-state index contributed by atoms with van der Waals surface area (Å²) >= 11 is 1.82. The summed E-state index contributed by atoms with van der Waals surface area (Å²) in [5.41, 5.74) is 2.09. The molecule has 0 radical (unpaired) electrons. The van der Waals surface area contributed by atoms with Crippen LogP contribution in [0.1, 0.15) is 23.3 Å². The number of halogens is 6. The van der Waals surface area contributed by atoms with E-state index in [2.05, 4.69) is 33.6 Å². The van der Waals surface area contributed by atoms with Crippen LogP contribution in [0.25, 0.3) is 0 Å². The number of aromatic nitrogens is 1. The second-order valence-corrected chi connectivity index (χ2v) is 9.55. The van der Waals surface area contributed by atoms with Crippen molar-refractivity contribution in [2.24, 2.45) is 5.92 Å². The van der Waals surface area contributed by atoms with Gasteiger partial charge in [0.2, 0.25) is 0 Å². The number of piperidine rings is 1. The first-order valence-corrected chi connectivity index (χ1v) is 12.2. The molecule has 2 aliphatic heterocycles. The Morgan fingerprint density at radius 1 is 1.13 bits per heavy atom. The molecule has 0 saturated carbocycles. The number of hydrogen-bond acceptors (Lipinski definition) is 7. The summed E-state index contributed by atoms with van der Waals surface area (Å²) in [6, 6.07) is 5.84. The van der Waals surface area contributed by atoms with E-state index in [1.54, 1.807) is 12.4 Å². The third kappa shape index (κ3) is 10.4. The van der Waals surface area contributed by atoms with E-state index in [4.69, 9.17) is 24.5 Å². The van der Waals surface area contributed by atoms with Crippen LogP contribution < -0.4 is 5.32 Å². The molecule has 1 amide bonds. The van der Waals surface area contributed by atoms with Gasteiger partial charge in [0.25, 0.3) is 5.91 Å². The van der Waals surface area contributed by atoms with Gasteiger partial charge in [-0.3, -0.25) is 14.7 Å². The molecule has 39 heavy (non-hydrogen) atoms. The van der Waals surface area contributed by atoms with Crippen molar-refractivity contribution in [1.29, 1.82) is 0 Å². The van der Waals surface area contributed by atoms with Crippen LogP contribution >= 0.6 is 11.3 Å². The van der Waals surface area contributed by atoms with Gasteiger partial charge in [-0.15, -0.1) is 11.3 Å². The first kappa shape index (κ1) is 32.0. The third-order valence-electron chi connectivity index (χ3n) is 5.68. The Morgan fingerprint density at radius 3 is 2.23 bits per heavy atom. The van der Waals surface area contributed by atoms with Crippen molar-refractivity contribution in [3.8, 4) is 0 Å². The van der Waals surface area contributed by atoms with Crippen LogP contribution in [0.15, 0.2) is 36.0 Å². The number of aryl methyl sites for hydroxylation is 1. The molecule has 16 heteroatoms. The minimum atomic E-state index is -5.08. The molecule has 2 aromatic heterocycles. The number of pyridine rings is 1. The first-order chi connectivity index (χ1) is 18.1. The van der Waals surface area contributed by atoms with Gasteiger partial charge in [0.1, 0.15) is 6.10 Å². The molecule has 2 aromatic rings. The maximum absolute atomic E-state index is 12.5. The third-order valence-corrected chi connectivity index (χ3v) is 6.69. The number of aliphatic carboxylic acids is 2. The van der Waals surface area contributed by atoms with E-state index in [0.717, 1.165) is 38.2 Å². The van der Waals surface area contributed by atoms with E-state index in [1.165, 1.54) is 10.4 Å². The van der Waals surface area contributed by atoms with Crippen LogP contribution in [0.4, 0.5) is 32.0 Å². The molecule has 9 nitrogen and oxygen atoms in total. The van der Waals surface area contributed by atoms with Gasteiger partial charge >= 0.3 is 24.3 Å². The van der Waals surface area contributed by atoms with Crippen molar-refractivity contribution in [1.82, 2.24) is 9.88 Å². The van der Waals surface area contributed by atoms with E-state index >= 15 is 0 Å². The molecule has 2 saturated heterocycles. The minimum Gasteiger partial charge on any atom is -0.475 e. The smallest absolute Gasteiger partial charge is 0.475 e. The second-order valence-electron chi connectivity index (χ2n) is 8.55. The lowest BCUT2D eigenvalue weighted by molar-refractivity contribution is -0.193. The molecule has 4 rings (SSSR count). The van der Waals surface area contributed by atoms with E-state index in [9.17, 15) is 31.1 Å². The van der Waals surface area contributed by atoms with Gasteiger partial charge < -0.3 is 20.3 Å². The van der Waals surface area contributed by atoms with Crippen LogP contribution in [0.5, 0.6) is 0 Å². The summed E-state index contributed by atoms with van der Waals surface area (Å²) in [6.45, 7) is 5.16. The molecular weight excluding hydrogens is 560 g/mol. The standard InChI is InChI=1S/C19H23N3O2S.2C2HF3O2/c1-13-5-8-25-18(13)12-22-7-4-14-9-16(24-17(14)11-22)19(23)21-15-3-2-6-20-10-15;2*3-2(4,5)1(6)7/h2-3,5-6,8,10,14,16-17H,4,7,9,11-12H2,1H3,(H,21,23);2*(H,6,7)/t14-,16+,17+;;/m0../s1. The average Bonchev–Trinajstić information content (AvgIpc) is 3.45. The fourth-order valence-corrected chi connectivity index (χ4v) is 4.68. The second kappa shape index (κ2) is 13.7. The highest BCUT2D eigenvalue weighted by atomic mass is 32.1. The molecule has 0 unspecified atom stereocenters. The van der Waals surface area contributed by atoms with E-state index < -0.39 is 24.3 Å². The van der Waals surface area contributed by atoms with Crippen molar-refractivity contribution >= 4 is 34.9 Å². The van der Waals surface area contributed by atoms with Gasteiger partial charge in [-0.25, -0.2) is 9.59 Å². The fourth-order valence-electron chi connectivity index (χ4n) is 3.74. The van der Waals surface area contributed by atoms with Crippen LogP contribution in [0.2, 0.25) is 0 Å². The Kier molecular flexibility index (Phi) is 11.2. The normalized spacial score (nSPS) is 20.9. The van der Waals surface area contributed by atoms with E-state index in [-0.39, 0.29) is 18.1 Å². The molecule has 0 aromatic carbocycles. The number of carbonyl (C=O) groups is 3. The predicted molar refractivity (Wildman–Crippen MR) is 126 cm³/mol. The molecule has 2 fully saturated rings. The number of rotatable bonds is 4. The van der Waals surface area contributed by atoms with Gasteiger partial charge in [-0.05, 0) is 61.4 Å². The van der Waals surface area contributed by atoms with Gasteiger partial charge in [0, 0.05) is 24.2 Å². The van der Waals surface area contributed by atoms with E-state index in [1.807, 2.05) is 23.5 Å². The maximum atomic E-state index is 12.5. The Labute approximate surface area is 222 Å². The van der Waals surface area contributed by atoms with Gasteiger partial charge in [-0.2, -0.15) is 26.3 Å². The Balaban J connectivity index is 0.000000317. The molecule has 4 heterocycles. The highest BCUT2D eigenvalue weighted by molar-refractivity contribution is 7.10. The summed E-state index contributed by atoms with van der Waals surface area (Å²) in [6.07, 6.45) is -5.07. The number of carbonyl (C=O) groups excluding carboxylic acids is 1. The number of hydrogen-bond donors (Lipinski definition) is 3. The number of carboxylic acids is 2. The van der Waals surface area contributed by atoms with Crippen molar-refractivity contribution < 1.29 is 55.7 Å². The zero-order valence-electron chi connectivity index (χ0n) is 20.3. The molecular formula is C23H25F6N3O6S. The topological polar surface area (TPSA) is 129 Å². The molecule has 0 bridgehead atoms. The van der Waals surface area contributed by atoms with E-state index in [0.29, 0.717) is 5.92 Å². The Morgan fingerprint density at radius 2 is 1.74 bits per heavy atom. The summed E-state index contributed by atoms with van der Waals surface area (Å²) in [5, 5.41) is 19.3. The van der Waals surface area contributed by atoms with Crippen LogP contribution in [0.3, 0.4) is 0 Å². The summed E-state index contributed by atoms with van der Waals surface area (Å²) in [7, 11) is 0. The molecule has 3 N–H and O–H groups in total. The molecule has 3 atom stereocenters. The lowest BCUT2D eigenvalue weighted by Crippen LogP contribution is -2.41. The fraction of sp³-hybridized carbons (Fsp3) is 0.478. The molecule has 0 spiro atoms. The highest BCUT2D eigenvalue weighted by Gasteiger charge is 2.42. The zero-order chi connectivity index (χ0) is 29.4. The highest BCUT2D eigenvalue weighted by Crippen LogP contribution is 2.34. The maximum Gasteiger partial charge on any atom is 0.490 e. The molecule has 0 aliphatic carbocycles. The van der Waals surface area contributed by atoms with Crippen molar-refractivity contribution in [3.05, 3.63) is 46.4 Å². The summed E-state index contributed by atoms with van der Waals surface area (Å²) < 4.78 is 69.6. The minimum absolute atomic E-state index is 0.0527. The number of alkyl halides is 6. The largest absolute Gasteiger partial charge is 0.490 e. The number of thiophene rings is 1. The average molecular weight is 586 g/mol. The number of carboxylic acid groups (broad SMARTS) is 2. The van der Waals surface area contributed by atoms with Gasteiger partial charge in [0.05, 0.1) is 18.0 Å². The Hall–Kier alpha value is -3.24.